The first-order valence-corrected chi connectivity index (χ1v) is 5.75. The van der Waals surface area contributed by atoms with E-state index in [0.717, 1.165) is 24.0 Å². The highest BCUT2D eigenvalue weighted by atomic mass is 16.3. The third-order valence-corrected chi connectivity index (χ3v) is 3.49. The molecule has 1 aliphatic heterocycles. The van der Waals surface area contributed by atoms with Crippen molar-refractivity contribution < 1.29 is 5.11 Å². The fraction of sp³-hybridized carbons (Fsp3) is 0.214. The fourth-order valence-corrected chi connectivity index (χ4v) is 2.33. The number of nitrogens with one attached hydrogen (secondary N) is 2. The van der Waals surface area contributed by atoms with Crippen LogP contribution >= 0.6 is 0 Å². The maximum absolute atomic E-state index is 9.90. The highest BCUT2D eigenvalue weighted by Gasteiger charge is 2.51. The lowest BCUT2D eigenvalue weighted by atomic mass is 9.87. The predicted octanol–water partition coefficient (Wildman–Crippen LogP) is 2.44. The van der Waals surface area contributed by atoms with Crippen molar-refractivity contribution in [3.8, 4) is 5.75 Å². The molecular formula is C14H14N2O. The summed E-state index contributed by atoms with van der Waals surface area (Å²) < 4.78 is 0. The summed E-state index contributed by atoms with van der Waals surface area (Å²) in [7, 11) is 0. The van der Waals surface area contributed by atoms with Crippen molar-refractivity contribution in [3.05, 3.63) is 47.7 Å². The summed E-state index contributed by atoms with van der Waals surface area (Å²) in [6, 6.07) is 7.28. The quantitative estimate of drug-likeness (QED) is 0.693. The van der Waals surface area contributed by atoms with Crippen LogP contribution in [0.5, 0.6) is 5.75 Å². The van der Waals surface area contributed by atoms with Crippen LogP contribution in [0.2, 0.25) is 0 Å². The van der Waals surface area contributed by atoms with E-state index in [1.54, 1.807) is 18.2 Å². The maximum atomic E-state index is 9.90. The molecule has 1 spiro atoms. The number of rotatable bonds is 3. The Labute approximate surface area is 100.0 Å². The maximum Gasteiger partial charge on any atom is 0.123 e. The number of allylic oxidation sites excluding steroid dienone is 1. The van der Waals surface area contributed by atoms with Crippen molar-refractivity contribution in [2.24, 2.45) is 0 Å². The second kappa shape index (κ2) is 3.48. The molecule has 0 saturated heterocycles. The van der Waals surface area contributed by atoms with Crippen molar-refractivity contribution >= 4 is 11.8 Å². The van der Waals surface area contributed by atoms with Crippen LogP contribution < -0.4 is 5.32 Å². The second-order valence-corrected chi connectivity index (χ2v) is 4.55. The zero-order valence-corrected chi connectivity index (χ0v) is 9.40. The third kappa shape index (κ3) is 1.46. The SMILES string of the molecule is N=C/C=C(\C1=CNC12CC2)c1ccccc1O. The van der Waals surface area contributed by atoms with Crippen molar-refractivity contribution in [1.82, 2.24) is 5.32 Å². The summed E-state index contributed by atoms with van der Waals surface area (Å²) in [4.78, 5) is 0. The lowest BCUT2D eigenvalue weighted by molar-refractivity contribution is 0.473. The van der Waals surface area contributed by atoms with Crippen molar-refractivity contribution in [2.45, 2.75) is 18.4 Å². The average Bonchev–Trinajstić information content (AvgIpc) is 3.10. The molecule has 3 N–H and O–H groups in total. The first-order valence-electron chi connectivity index (χ1n) is 5.75. The summed E-state index contributed by atoms with van der Waals surface area (Å²) in [5.41, 5.74) is 3.10. The van der Waals surface area contributed by atoms with Crippen LogP contribution in [0.3, 0.4) is 0 Å². The summed E-state index contributed by atoms with van der Waals surface area (Å²) in [5.74, 6) is 0.268. The zero-order valence-electron chi connectivity index (χ0n) is 9.40. The molecule has 1 saturated carbocycles. The minimum Gasteiger partial charge on any atom is -0.507 e. The molecule has 0 amide bonds. The van der Waals surface area contributed by atoms with Gasteiger partial charge < -0.3 is 15.8 Å². The highest BCUT2D eigenvalue weighted by Crippen LogP contribution is 2.52. The molecule has 3 rings (SSSR count). The van der Waals surface area contributed by atoms with Crippen LogP contribution in [0.4, 0.5) is 0 Å². The summed E-state index contributed by atoms with van der Waals surface area (Å²) in [6.07, 6.45) is 7.29. The van der Waals surface area contributed by atoms with Gasteiger partial charge in [0, 0.05) is 23.6 Å². The molecule has 0 aromatic heterocycles. The molecule has 1 fully saturated rings. The minimum absolute atomic E-state index is 0.136. The Morgan fingerprint density at radius 3 is 2.65 bits per heavy atom. The summed E-state index contributed by atoms with van der Waals surface area (Å²) in [5, 5.41) is 20.5. The number of hydrogen-bond acceptors (Lipinski definition) is 3. The average molecular weight is 226 g/mol. The molecule has 3 nitrogen and oxygen atoms in total. The van der Waals surface area contributed by atoms with Gasteiger partial charge in [-0.2, -0.15) is 0 Å². The number of phenolic OH excluding ortho intramolecular Hbond substituents is 1. The Kier molecular flexibility index (Phi) is 2.08. The minimum atomic E-state index is 0.136. The molecule has 3 heteroatoms. The first-order chi connectivity index (χ1) is 8.27. The van der Waals surface area contributed by atoms with Crippen LogP contribution in [-0.4, -0.2) is 16.9 Å². The van der Waals surface area contributed by atoms with E-state index in [1.165, 1.54) is 11.8 Å². The predicted molar refractivity (Wildman–Crippen MR) is 68.1 cm³/mol. The molecule has 0 unspecified atom stereocenters. The summed E-state index contributed by atoms with van der Waals surface area (Å²) in [6.45, 7) is 0. The van der Waals surface area contributed by atoms with Gasteiger partial charge in [-0.15, -0.1) is 0 Å². The van der Waals surface area contributed by atoms with Crippen molar-refractivity contribution in [3.63, 3.8) is 0 Å². The van der Waals surface area contributed by atoms with E-state index < -0.39 is 0 Å². The number of para-hydroxylation sites is 1. The Bertz CT molecular complexity index is 539. The standard InChI is InChI=1S/C14H14N2O/c15-8-5-10(11-3-1-2-4-13(11)17)12-9-16-14(12)6-7-14/h1-5,8-9,15-17H,6-7H2/b10-5-,15-8?. The van der Waals surface area contributed by atoms with E-state index in [9.17, 15) is 5.11 Å². The van der Waals surface area contributed by atoms with Gasteiger partial charge in [-0.1, -0.05) is 18.2 Å². The van der Waals surface area contributed by atoms with Gasteiger partial charge in [-0.3, -0.25) is 0 Å². The van der Waals surface area contributed by atoms with Crippen molar-refractivity contribution in [2.75, 3.05) is 0 Å². The number of hydrogen-bond donors (Lipinski definition) is 3. The number of benzene rings is 1. The van der Waals surface area contributed by atoms with E-state index >= 15 is 0 Å². The van der Waals surface area contributed by atoms with E-state index in [4.69, 9.17) is 5.41 Å². The lowest BCUT2D eigenvalue weighted by Crippen LogP contribution is -2.39. The lowest BCUT2D eigenvalue weighted by Gasteiger charge is -2.31. The Balaban J connectivity index is 2.05. The van der Waals surface area contributed by atoms with Crippen LogP contribution in [-0.2, 0) is 0 Å². The van der Waals surface area contributed by atoms with Crippen LogP contribution in [0, 0.1) is 5.41 Å². The topological polar surface area (TPSA) is 56.1 Å². The smallest absolute Gasteiger partial charge is 0.123 e. The Morgan fingerprint density at radius 1 is 1.35 bits per heavy atom. The molecule has 2 aliphatic rings. The molecule has 86 valence electrons. The molecule has 17 heavy (non-hydrogen) atoms. The second-order valence-electron chi connectivity index (χ2n) is 4.55. The van der Waals surface area contributed by atoms with Gasteiger partial charge in [0.25, 0.3) is 0 Å². The molecule has 0 bridgehead atoms. The molecule has 1 aromatic rings. The van der Waals surface area contributed by atoms with Crippen LogP contribution in [0.15, 0.2) is 42.1 Å². The Hall–Kier alpha value is -2.03. The van der Waals surface area contributed by atoms with Gasteiger partial charge in [-0.25, -0.2) is 0 Å². The highest BCUT2D eigenvalue weighted by molar-refractivity contribution is 5.94. The van der Waals surface area contributed by atoms with E-state index in [-0.39, 0.29) is 11.3 Å². The van der Waals surface area contributed by atoms with E-state index in [0.29, 0.717) is 0 Å². The van der Waals surface area contributed by atoms with Gasteiger partial charge in [0.1, 0.15) is 5.75 Å². The first kappa shape index (κ1) is 10.1. The van der Waals surface area contributed by atoms with Gasteiger partial charge >= 0.3 is 0 Å². The van der Waals surface area contributed by atoms with Gasteiger partial charge in [0.05, 0.1) is 5.54 Å². The third-order valence-electron chi connectivity index (χ3n) is 3.49. The van der Waals surface area contributed by atoms with E-state index in [2.05, 4.69) is 5.32 Å². The molecule has 0 atom stereocenters. The monoisotopic (exact) mass is 226 g/mol. The van der Waals surface area contributed by atoms with E-state index in [1.807, 2.05) is 18.3 Å². The number of phenols is 1. The van der Waals surface area contributed by atoms with Gasteiger partial charge in [-0.05, 0) is 30.6 Å². The molecular weight excluding hydrogens is 212 g/mol. The largest absolute Gasteiger partial charge is 0.507 e. The Morgan fingerprint density at radius 2 is 2.12 bits per heavy atom. The van der Waals surface area contributed by atoms with Crippen LogP contribution in [0.1, 0.15) is 18.4 Å². The molecule has 1 aliphatic carbocycles. The molecule has 1 heterocycles. The fourth-order valence-electron chi connectivity index (χ4n) is 2.33. The van der Waals surface area contributed by atoms with Crippen LogP contribution in [0.25, 0.3) is 5.57 Å². The summed E-state index contributed by atoms with van der Waals surface area (Å²) >= 11 is 0. The van der Waals surface area contributed by atoms with Gasteiger partial charge in [0.2, 0.25) is 0 Å². The van der Waals surface area contributed by atoms with Crippen molar-refractivity contribution in [1.29, 1.82) is 5.41 Å². The molecule has 1 aromatic carbocycles. The normalized spacial score (nSPS) is 20.2. The molecule has 0 radical (unpaired) electrons. The zero-order chi connectivity index (χ0) is 11.9. The number of aromatic hydroxyl groups is 1. The van der Waals surface area contributed by atoms with Gasteiger partial charge in [0.15, 0.2) is 0 Å².